The summed E-state index contributed by atoms with van der Waals surface area (Å²) in [4.78, 5) is 4.54. The Kier molecular flexibility index (Phi) is 7.88. The topological polar surface area (TPSA) is 68.9 Å². The Bertz CT molecular complexity index is 611. The molecule has 0 saturated carbocycles. The Labute approximate surface area is 149 Å². The molecule has 2 rings (SSSR count). The number of aryl methyl sites for hydroxylation is 1. The zero-order valence-electron chi connectivity index (χ0n) is 15.1. The van der Waals surface area contributed by atoms with Crippen molar-refractivity contribution in [2.75, 3.05) is 26.7 Å². The number of nitrogens with zero attached hydrogens (tertiary/aromatic N) is 1. The van der Waals surface area contributed by atoms with Crippen LogP contribution >= 0.6 is 0 Å². The lowest BCUT2D eigenvalue weighted by Gasteiger charge is -2.21. The third-order valence-corrected chi connectivity index (χ3v) is 4.09. The Hall–Kier alpha value is -1.92. The number of likely N-dealkylation sites (N-methyl/N-ethyl adjacent to an activating group) is 1. The SMILES string of the molecule is CNCC(N)=CC(=NCC1CCCCO1)OCc1ccc(F)cc1C. The second-order valence-electron chi connectivity index (χ2n) is 6.28. The smallest absolute Gasteiger partial charge is 0.210 e. The average Bonchev–Trinajstić information content (AvgIpc) is 2.59. The van der Waals surface area contributed by atoms with Crippen LogP contribution in [0, 0.1) is 12.7 Å². The lowest BCUT2D eigenvalue weighted by Crippen LogP contribution is -2.23. The van der Waals surface area contributed by atoms with Crippen LogP contribution in [0.25, 0.3) is 0 Å². The van der Waals surface area contributed by atoms with Gasteiger partial charge in [0, 0.05) is 24.9 Å². The second-order valence-corrected chi connectivity index (χ2v) is 6.28. The molecule has 1 atom stereocenters. The third kappa shape index (κ3) is 6.84. The number of hydrogen-bond acceptors (Lipinski definition) is 5. The van der Waals surface area contributed by atoms with Gasteiger partial charge in [0.2, 0.25) is 5.90 Å². The summed E-state index contributed by atoms with van der Waals surface area (Å²) in [6, 6.07) is 4.66. The molecule has 138 valence electrons. The van der Waals surface area contributed by atoms with E-state index in [0.717, 1.165) is 30.6 Å². The number of benzene rings is 1. The maximum absolute atomic E-state index is 13.2. The van der Waals surface area contributed by atoms with E-state index in [0.29, 0.717) is 31.3 Å². The fraction of sp³-hybridized carbons (Fsp3) is 0.526. The maximum atomic E-state index is 13.2. The molecule has 1 saturated heterocycles. The summed E-state index contributed by atoms with van der Waals surface area (Å²) >= 11 is 0. The van der Waals surface area contributed by atoms with Gasteiger partial charge in [0.05, 0.1) is 12.6 Å². The minimum atomic E-state index is -0.247. The summed E-state index contributed by atoms with van der Waals surface area (Å²) in [7, 11) is 1.83. The molecular formula is C19H28FN3O2. The van der Waals surface area contributed by atoms with Crippen LogP contribution in [0.4, 0.5) is 4.39 Å². The molecule has 1 aliphatic rings. The van der Waals surface area contributed by atoms with Crippen LogP contribution in [0.1, 0.15) is 30.4 Å². The zero-order valence-corrected chi connectivity index (χ0v) is 15.1. The van der Waals surface area contributed by atoms with Crippen LogP contribution in [0.2, 0.25) is 0 Å². The quantitative estimate of drug-likeness (QED) is 0.587. The normalized spacial score (nSPS) is 19.1. The van der Waals surface area contributed by atoms with E-state index in [2.05, 4.69) is 10.3 Å². The van der Waals surface area contributed by atoms with Gasteiger partial charge in [-0.1, -0.05) is 6.07 Å². The van der Waals surface area contributed by atoms with Gasteiger partial charge in [0.25, 0.3) is 0 Å². The van der Waals surface area contributed by atoms with Gasteiger partial charge in [-0.05, 0) is 56.5 Å². The summed E-state index contributed by atoms with van der Waals surface area (Å²) in [5.74, 6) is 0.230. The van der Waals surface area contributed by atoms with E-state index in [1.54, 1.807) is 12.1 Å². The van der Waals surface area contributed by atoms with Crippen molar-refractivity contribution in [1.29, 1.82) is 0 Å². The molecule has 0 aliphatic carbocycles. The second kappa shape index (κ2) is 10.2. The van der Waals surface area contributed by atoms with E-state index in [-0.39, 0.29) is 11.9 Å². The van der Waals surface area contributed by atoms with Crippen LogP contribution < -0.4 is 11.1 Å². The van der Waals surface area contributed by atoms with Crippen LogP contribution in [-0.2, 0) is 16.1 Å². The maximum Gasteiger partial charge on any atom is 0.210 e. The fourth-order valence-electron chi connectivity index (χ4n) is 2.66. The number of nitrogens with two attached hydrogens (primary N) is 1. The van der Waals surface area contributed by atoms with Gasteiger partial charge in [-0.25, -0.2) is 9.38 Å². The minimum Gasteiger partial charge on any atom is -0.473 e. The summed E-state index contributed by atoms with van der Waals surface area (Å²) in [5, 5.41) is 3.00. The monoisotopic (exact) mass is 349 g/mol. The van der Waals surface area contributed by atoms with Gasteiger partial charge < -0.3 is 20.5 Å². The molecule has 1 unspecified atom stereocenters. The standard InChI is InChI=1S/C19H28FN3O2/c1-14-9-16(20)7-6-15(14)13-25-19(10-17(21)11-22-2)23-12-18-5-3-4-8-24-18/h6-7,9-10,18,22H,3-5,8,11-13,21H2,1-2H3. The van der Waals surface area contributed by atoms with Crippen molar-refractivity contribution in [3.05, 3.63) is 46.9 Å². The van der Waals surface area contributed by atoms with Crippen molar-refractivity contribution in [1.82, 2.24) is 5.32 Å². The molecule has 5 nitrogen and oxygen atoms in total. The van der Waals surface area contributed by atoms with Crippen molar-refractivity contribution < 1.29 is 13.9 Å². The lowest BCUT2D eigenvalue weighted by atomic mass is 10.1. The Morgan fingerprint density at radius 3 is 3.00 bits per heavy atom. The molecule has 1 fully saturated rings. The predicted octanol–water partition coefficient (Wildman–Crippen LogP) is 2.68. The van der Waals surface area contributed by atoms with Crippen molar-refractivity contribution in [3.63, 3.8) is 0 Å². The van der Waals surface area contributed by atoms with E-state index in [4.69, 9.17) is 15.2 Å². The summed E-state index contributed by atoms with van der Waals surface area (Å²) in [6.45, 7) is 4.08. The molecular weight excluding hydrogens is 321 g/mol. The molecule has 0 bridgehead atoms. The van der Waals surface area contributed by atoms with Crippen LogP contribution in [-0.4, -0.2) is 38.7 Å². The summed E-state index contributed by atoms with van der Waals surface area (Å²) < 4.78 is 24.8. The number of nitrogens with one attached hydrogen (secondary N) is 1. The molecule has 0 aromatic heterocycles. The number of aliphatic imine (C=N–C) groups is 1. The molecule has 0 amide bonds. The first-order valence-electron chi connectivity index (χ1n) is 8.73. The number of hydrogen-bond donors (Lipinski definition) is 2. The van der Waals surface area contributed by atoms with Gasteiger partial charge in [-0.15, -0.1) is 0 Å². The van der Waals surface area contributed by atoms with E-state index in [9.17, 15) is 4.39 Å². The van der Waals surface area contributed by atoms with Gasteiger partial charge >= 0.3 is 0 Å². The molecule has 3 N–H and O–H groups in total. The van der Waals surface area contributed by atoms with Crippen LogP contribution in [0.15, 0.2) is 35.0 Å². The molecule has 6 heteroatoms. The highest BCUT2D eigenvalue weighted by atomic mass is 19.1. The van der Waals surface area contributed by atoms with Gasteiger partial charge in [-0.3, -0.25) is 0 Å². The van der Waals surface area contributed by atoms with E-state index >= 15 is 0 Å². The Morgan fingerprint density at radius 1 is 1.48 bits per heavy atom. The van der Waals surface area contributed by atoms with Crippen LogP contribution in [0.5, 0.6) is 0 Å². The van der Waals surface area contributed by atoms with Crippen molar-refractivity contribution in [2.45, 2.75) is 38.9 Å². The van der Waals surface area contributed by atoms with Gasteiger partial charge in [-0.2, -0.15) is 0 Å². The first kappa shape index (κ1) is 19.4. The molecule has 0 spiro atoms. The summed E-state index contributed by atoms with van der Waals surface area (Å²) in [5.41, 5.74) is 8.38. The average molecular weight is 349 g/mol. The highest BCUT2D eigenvalue weighted by molar-refractivity contribution is 5.88. The van der Waals surface area contributed by atoms with E-state index < -0.39 is 0 Å². The zero-order chi connectivity index (χ0) is 18.1. The number of halogens is 1. The molecule has 1 heterocycles. The van der Waals surface area contributed by atoms with E-state index in [1.807, 2.05) is 14.0 Å². The first-order valence-corrected chi connectivity index (χ1v) is 8.73. The number of rotatable bonds is 7. The Morgan fingerprint density at radius 2 is 2.32 bits per heavy atom. The minimum absolute atomic E-state index is 0.138. The molecule has 1 aromatic carbocycles. The fourth-order valence-corrected chi connectivity index (χ4v) is 2.66. The Balaban J connectivity index is 2.03. The highest BCUT2D eigenvalue weighted by Crippen LogP contribution is 2.14. The van der Waals surface area contributed by atoms with E-state index in [1.165, 1.54) is 18.6 Å². The van der Waals surface area contributed by atoms with Gasteiger partial charge in [0.15, 0.2) is 0 Å². The molecule has 0 radical (unpaired) electrons. The first-order chi connectivity index (χ1) is 12.1. The van der Waals surface area contributed by atoms with Crippen molar-refractivity contribution in [3.8, 4) is 0 Å². The third-order valence-electron chi connectivity index (χ3n) is 4.09. The number of ether oxygens (including phenoxy) is 2. The van der Waals surface area contributed by atoms with Crippen LogP contribution in [0.3, 0.4) is 0 Å². The molecule has 25 heavy (non-hydrogen) atoms. The highest BCUT2D eigenvalue weighted by Gasteiger charge is 2.13. The largest absolute Gasteiger partial charge is 0.473 e. The van der Waals surface area contributed by atoms with Crippen molar-refractivity contribution >= 4 is 5.90 Å². The lowest BCUT2D eigenvalue weighted by molar-refractivity contribution is 0.0222. The van der Waals surface area contributed by atoms with Gasteiger partial charge in [0.1, 0.15) is 12.4 Å². The molecule has 1 aromatic rings. The van der Waals surface area contributed by atoms with Crippen molar-refractivity contribution in [2.24, 2.45) is 10.7 Å². The predicted molar refractivity (Wildman–Crippen MR) is 98.0 cm³/mol. The molecule has 1 aliphatic heterocycles. The summed E-state index contributed by atoms with van der Waals surface area (Å²) in [6.07, 6.45) is 5.17.